The molecule has 0 bridgehead atoms. The highest BCUT2D eigenvalue weighted by atomic mass is 19.1. The zero-order valence-corrected chi connectivity index (χ0v) is 15.8. The highest BCUT2D eigenvalue weighted by Crippen LogP contribution is 2.25. The number of hydrogen-bond acceptors (Lipinski definition) is 3. The molecule has 0 aliphatic heterocycles. The molecule has 3 rings (SSSR count). The van der Waals surface area contributed by atoms with Gasteiger partial charge < -0.3 is 9.32 Å². The van der Waals surface area contributed by atoms with Gasteiger partial charge in [-0.1, -0.05) is 29.8 Å². The maximum Gasteiger partial charge on any atom is 0.227 e. The van der Waals surface area contributed by atoms with Crippen molar-refractivity contribution in [3.63, 3.8) is 0 Å². The Kier molecular flexibility index (Phi) is 5.69. The minimum absolute atomic E-state index is 0.00935. The van der Waals surface area contributed by atoms with E-state index in [1.54, 1.807) is 23.1 Å². The normalized spacial score (nSPS) is 10.8. The minimum Gasteiger partial charge on any atom is -0.441 e. The average Bonchev–Trinajstić information content (AvgIpc) is 3.11. The van der Waals surface area contributed by atoms with Crippen LogP contribution in [-0.2, 0) is 11.2 Å². The van der Waals surface area contributed by atoms with Crippen molar-refractivity contribution < 1.29 is 13.6 Å². The van der Waals surface area contributed by atoms with Crippen LogP contribution in [0.25, 0.3) is 11.3 Å². The highest BCUT2D eigenvalue weighted by molar-refractivity contribution is 5.94. The summed E-state index contributed by atoms with van der Waals surface area (Å²) < 4.78 is 19.5. The molecule has 0 unspecified atom stereocenters. The number of halogens is 1. The number of hydrogen-bond donors (Lipinski definition) is 0. The van der Waals surface area contributed by atoms with E-state index in [0.29, 0.717) is 30.2 Å². The molecule has 27 heavy (non-hydrogen) atoms. The molecule has 0 saturated carbocycles. The van der Waals surface area contributed by atoms with E-state index >= 15 is 0 Å². The molecule has 3 aromatic rings. The van der Waals surface area contributed by atoms with Crippen LogP contribution in [0.3, 0.4) is 0 Å². The summed E-state index contributed by atoms with van der Waals surface area (Å²) in [6.07, 6.45) is 2.15. The Bertz CT molecular complexity index is 949. The third-order valence-corrected chi connectivity index (χ3v) is 4.51. The lowest BCUT2D eigenvalue weighted by Gasteiger charge is -2.23. The number of carbonyl (C=O) groups is 1. The number of benzene rings is 2. The Morgan fingerprint density at radius 1 is 1.19 bits per heavy atom. The third-order valence-electron chi connectivity index (χ3n) is 4.51. The Morgan fingerprint density at radius 3 is 2.67 bits per heavy atom. The van der Waals surface area contributed by atoms with E-state index in [0.717, 1.165) is 11.3 Å². The van der Waals surface area contributed by atoms with Gasteiger partial charge in [-0.25, -0.2) is 9.37 Å². The minimum atomic E-state index is -0.358. The maximum atomic E-state index is 13.9. The topological polar surface area (TPSA) is 46.3 Å². The number of nitrogens with zero attached hydrogens (tertiary/aromatic N) is 2. The fourth-order valence-corrected chi connectivity index (χ4v) is 3.15. The monoisotopic (exact) mass is 366 g/mol. The van der Waals surface area contributed by atoms with E-state index in [1.807, 2.05) is 32.9 Å². The molecular weight excluding hydrogens is 343 g/mol. The standard InChI is InChI=1S/C22H23FN2O2/c1-4-25(19-10-9-15(2)13-16(19)3)22(26)12-11-21-24-14-20(27-21)17-7-5-6-8-18(17)23/h5-10,13-14H,4,11-12H2,1-3H3. The summed E-state index contributed by atoms with van der Waals surface area (Å²) in [7, 11) is 0. The van der Waals surface area contributed by atoms with Crippen molar-refractivity contribution in [2.45, 2.75) is 33.6 Å². The van der Waals surface area contributed by atoms with Crippen molar-refractivity contribution in [1.82, 2.24) is 4.98 Å². The number of anilines is 1. The van der Waals surface area contributed by atoms with Gasteiger partial charge in [0.15, 0.2) is 11.7 Å². The Balaban J connectivity index is 1.69. The van der Waals surface area contributed by atoms with Gasteiger partial charge >= 0.3 is 0 Å². The van der Waals surface area contributed by atoms with E-state index in [9.17, 15) is 9.18 Å². The predicted molar refractivity (Wildman–Crippen MR) is 104 cm³/mol. The average molecular weight is 366 g/mol. The third kappa shape index (κ3) is 4.25. The van der Waals surface area contributed by atoms with E-state index in [2.05, 4.69) is 11.1 Å². The summed E-state index contributed by atoms with van der Waals surface area (Å²) in [6.45, 7) is 6.59. The molecule has 0 aliphatic rings. The molecule has 0 radical (unpaired) electrons. The lowest BCUT2D eigenvalue weighted by molar-refractivity contribution is -0.118. The number of amides is 1. The molecule has 4 nitrogen and oxygen atoms in total. The smallest absolute Gasteiger partial charge is 0.227 e. The first-order chi connectivity index (χ1) is 13.0. The summed E-state index contributed by atoms with van der Waals surface area (Å²) in [5, 5.41) is 0. The molecular formula is C22H23FN2O2. The molecule has 0 aliphatic carbocycles. The lowest BCUT2D eigenvalue weighted by atomic mass is 10.1. The first-order valence-corrected chi connectivity index (χ1v) is 9.06. The largest absolute Gasteiger partial charge is 0.441 e. The van der Waals surface area contributed by atoms with Gasteiger partial charge in [-0.3, -0.25) is 4.79 Å². The molecule has 0 N–H and O–H groups in total. The molecule has 0 saturated heterocycles. The second-order valence-corrected chi connectivity index (χ2v) is 6.53. The van der Waals surface area contributed by atoms with E-state index < -0.39 is 0 Å². The SMILES string of the molecule is CCN(C(=O)CCc1ncc(-c2ccccc2F)o1)c1ccc(C)cc1C. The van der Waals surface area contributed by atoms with E-state index in [4.69, 9.17) is 4.42 Å². The van der Waals surface area contributed by atoms with Crippen LogP contribution in [0.5, 0.6) is 0 Å². The van der Waals surface area contributed by atoms with Crippen molar-refractivity contribution in [2.75, 3.05) is 11.4 Å². The van der Waals surface area contributed by atoms with Gasteiger partial charge in [-0.15, -0.1) is 0 Å². The molecule has 5 heteroatoms. The summed E-state index contributed by atoms with van der Waals surface area (Å²) in [5.74, 6) is 0.453. The lowest BCUT2D eigenvalue weighted by Crippen LogP contribution is -2.31. The molecule has 140 valence electrons. The van der Waals surface area contributed by atoms with Crippen molar-refractivity contribution in [1.29, 1.82) is 0 Å². The van der Waals surface area contributed by atoms with Crippen LogP contribution in [0, 0.1) is 19.7 Å². The Labute approximate surface area is 158 Å². The van der Waals surface area contributed by atoms with E-state index in [-0.39, 0.29) is 18.1 Å². The first-order valence-electron chi connectivity index (χ1n) is 9.06. The van der Waals surface area contributed by atoms with Gasteiger partial charge in [-0.05, 0) is 44.5 Å². The van der Waals surface area contributed by atoms with Crippen LogP contribution in [0.15, 0.2) is 53.1 Å². The molecule has 0 fully saturated rings. The number of aromatic nitrogens is 1. The van der Waals surface area contributed by atoms with Crippen LogP contribution >= 0.6 is 0 Å². The van der Waals surface area contributed by atoms with Gasteiger partial charge in [0.05, 0.1) is 11.8 Å². The molecule has 1 amide bonds. The van der Waals surface area contributed by atoms with Crippen LogP contribution in [0.2, 0.25) is 0 Å². The molecule has 1 heterocycles. The van der Waals surface area contributed by atoms with Crippen molar-refractivity contribution in [3.8, 4) is 11.3 Å². The quantitative estimate of drug-likeness (QED) is 0.611. The zero-order chi connectivity index (χ0) is 19.4. The molecule has 1 aromatic heterocycles. The van der Waals surface area contributed by atoms with Gasteiger partial charge in [-0.2, -0.15) is 0 Å². The summed E-state index contributed by atoms with van der Waals surface area (Å²) in [5.41, 5.74) is 3.53. The fourth-order valence-electron chi connectivity index (χ4n) is 3.15. The summed E-state index contributed by atoms with van der Waals surface area (Å²) in [6, 6.07) is 12.4. The van der Waals surface area contributed by atoms with Gasteiger partial charge in [0, 0.05) is 25.1 Å². The number of carbonyl (C=O) groups excluding carboxylic acids is 1. The fraction of sp³-hybridized carbons (Fsp3) is 0.273. The molecule has 2 aromatic carbocycles. The second-order valence-electron chi connectivity index (χ2n) is 6.53. The van der Waals surface area contributed by atoms with Crippen LogP contribution < -0.4 is 4.90 Å². The van der Waals surface area contributed by atoms with Crippen molar-refractivity contribution in [3.05, 3.63) is 71.5 Å². The second kappa shape index (κ2) is 8.16. The van der Waals surface area contributed by atoms with Crippen molar-refractivity contribution in [2.24, 2.45) is 0 Å². The van der Waals surface area contributed by atoms with Crippen LogP contribution in [-0.4, -0.2) is 17.4 Å². The Morgan fingerprint density at radius 2 is 1.96 bits per heavy atom. The van der Waals surface area contributed by atoms with Crippen LogP contribution in [0.1, 0.15) is 30.4 Å². The van der Waals surface area contributed by atoms with E-state index in [1.165, 1.54) is 17.8 Å². The number of oxazole rings is 1. The van der Waals surface area contributed by atoms with Crippen molar-refractivity contribution >= 4 is 11.6 Å². The zero-order valence-electron chi connectivity index (χ0n) is 15.8. The molecule has 0 spiro atoms. The molecule has 0 atom stereocenters. The highest BCUT2D eigenvalue weighted by Gasteiger charge is 2.17. The predicted octanol–water partition coefficient (Wildman–Crippen LogP) is 5.08. The van der Waals surface area contributed by atoms with Gasteiger partial charge in [0.1, 0.15) is 5.82 Å². The number of aryl methyl sites for hydroxylation is 3. The van der Waals surface area contributed by atoms with Gasteiger partial charge in [0.25, 0.3) is 0 Å². The first kappa shape index (κ1) is 18.8. The Hall–Kier alpha value is -2.95. The maximum absolute atomic E-state index is 13.9. The van der Waals surface area contributed by atoms with Crippen LogP contribution in [0.4, 0.5) is 10.1 Å². The van der Waals surface area contributed by atoms with Gasteiger partial charge in [0.2, 0.25) is 5.91 Å². The number of rotatable bonds is 6. The summed E-state index contributed by atoms with van der Waals surface area (Å²) in [4.78, 5) is 18.7. The summed E-state index contributed by atoms with van der Waals surface area (Å²) >= 11 is 0.